The van der Waals surface area contributed by atoms with Crippen molar-refractivity contribution in [1.29, 1.82) is 0 Å². The van der Waals surface area contributed by atoms with Gasteiger partial charge in [-0.2, -0.15) is 0 Å². The van der Waals surface area contributed by atoms with Crippen molar-refractivity contribution in [2.24, 2.45) is 0 Å². The highest BCUT2D eigenvalue weighted by atomic mass is 35.5. The Labute approximate surface area is 234 Å². The number of ether oxygens (including phenoxy) is 1. The lowest BCUT2D eigenvalue weighted by atomic mass is 9.93. The van der Waals surface area contributed by atoms with Gasteiger partial charge in [0.25, 0.3) is 5.91 Å². The second-order valence-electron chi connectivity index (χ2n) is 10.2. The zero-order chi connectivity index (χ0) is 27.7. The molecule has 0 bridgehead atoms. The molecule has 0 heterocycles. The third-order valence-electron chi connectivity index (χ3n) is 5.84. The summed E-state index contributed by atoms with van der Waals surface area (Å²) in [5, 5.41) is 17.7. The quantitative estimate of drug-likeness (QED) is 0.276. The van der Waals surface area contributed by atoms with Gasteiger partial charge in [0.2, 0.25) is 0 Å². The minimum absolute atomic E-state index is 0.147. The van der Waals surface area contributed by atoms with Gasteiger partial charge >= 0.3 is 6.09 Å². The smallest absolute Gasteiger partial charge is 0.407 e. The molecular weight excluding hydrogens is 523 g/mol. The normalized spacial score (nSPS) is 13.7. The third kappa shape index (κ3) is 9.35. The number of alkyl carbamates (subject to hydrolysis) is 1. The van der Waals surface area contributed by atoms with Gasteiger partial charge in [-0.15, -0.1) is 0 Å². The van der Waals surface area contributed by atoms with E-state index in [0.717, 1.165) is 11.1 Å². The fraction of sp³-hybridized carbons (Fsp3) is 0.333. The molecule has 6 nitrogen and oxygen atoms in total. The lowest BCUT2D eigenvalue weighted by molar-refractivity contribution is 0.0463. The van der Waals surface area contributed by atoms with E-state index >= 15 is 0 Å². The molecule has 3 rings (SSSR count). The Morgan fingerprint density at radius 3 is 1.87 bits per heavy atom. The number of hydrogen-bond donors (Lipinski definition) is 3. The third-order valence-corrected chi connectivity index (χ3v) is 6.47. The van der Waals surface area contributed by atoms with Gasteiger partial charge in [0.05, 0.1) is 27.8 Å². The number of rotatable bonds is 10. The Morgan fingerprint density at radius 1 is 0.816 bits per heavy atom. The molecule has 38 heavy (non-hydrogen) atoms. The maximum Gasteiger partial charge on any atom is 0.407 e. The molecule has 3 atom stereocenters. The molecule has 0 aromatic heterocycles. The van der Waals surface area contributed by atoms with E-state index in [4.69, 9.17) is 27.9 Å². The van der Waals surface area contributed by atoms with Crippen LogP contribution in [-0.2, 0) is 17.6 Å². The minimum Gasteiger partial charge on any atom is -0.444 e. The van der Waals surface area contributed by atoms with Gasteiger partial charge in [-0.1, -0.05) is 89.9 Å². The molecule has 0 aliphatic rings. The van der Waals surface area contributed by atoms with Crippen molar-refractivity contribution in [1.82, 2.24) is 10.6 Å². The number of aliphatic hydroxyl groups is 1. The summed E-state index contributed by atoms with van der Waals surface area (Å²) >= 11 is 12.5. The maximum absolute atomic E-state index is 13.2. The van der Waals surface area contributed by atoms with Crippen LogP contribution in [0.25, 0.3) is 0 Å². The average molecular weight is 558 g/mol. The van der Waals surface area contributed by atoms with Gasteiger partial charge < -0.3 is 20.5 Å². The molecule has 0 radical (unpaired) electrons. The Morgan fingerprint density at radius 2 is 1.34 bits per heavy atom. The van der Waals surface area contributed by atoms with Gasteiger partial charge in [-0.3, -0.25) is 4.79 Å². The SMILES string of the molecule is CC(C)(C)OC(=O)NC(Cc1ccccc1)CC(O)C(Cc1ccccc1)NC(=O)c1c(Cl)cccc1Cl. The van der Waals surface area contributed by atoms with Crippen LogP contribution in [0.3, 0.4) is 0 Å². The molecule has 0 saturated carbocycles. The molecule has 202 valence electrons. The fourth-order valence-corrected chi connectivity index (χ4v) is 4.70. The lowest BCUT2D eigenvalue weighted by Crippen LogP contribution is -2.49. The minimum atomic E-state index is -1.01. The Kier molecular flexibility index (Phi) is 10.6. The van der Waals surface area contributed by atoms with Crippen LogP contribution in [0.5, 0.6) is 0 Å². The van der Waals surface area contributed by atoms with E-state index in [1.54, 1.807) is 39.0 Å². The van der Waals surface area contributed by atoms with Gasteiger partial charge in [0, 0.05) is 6.04 Å². The van der Waals surface area contributed by atoms with Crippen LogP contribution in [0.15, 0.2) is 78.9 Å². The molecule has 0 saturated heterocycles. The van der Waals surface area contributed by atoms with Gasteiger partial charge in [-0.05, 0) is 63.3 Å². The Hall–Kier alpha value is -3.06. The Balaban J connectivity index is 1.83. The number of nitrogens with one attached hydrogen (secondary N) is 2. The van der Waals surface area contributed by atoms with Crippen LogP contribution in [-0.4, -0.2) is 40.9 Å². The van der Waals surface area contributed by atoms with Crippen molar-refractivity contribution in [3.63, 3.8) is 0 Å². The highest BCUT2D eigenvalue weighted by molar-refractivity contribution is 6.39. The molecule has 0 aliphatic carbocycles. The zero-order valence-corrected chi connectivity index (χ0v) is 23.3. The predicted octanol–water partition coefficient (Wildman–Crippen LogP) is 6.22. The van der Waals surface area contributed by atoms with Crippen LogP contribution < -0.4 is 10.6 Å². The van der Waals surface area contributed by atoms with Crippen LogP contribution in [0.2, 0.25) is 10.0 Å². The highest BCUT2D eigenvalue weighted by Crippen LogP contribution is 2.25. The molecule has 0 aliphatic heterocycles. The fourth-order valence-electron chi connectivity index (χ4n) is 4.13. The van der Waals surface area contributed by atoms with Crippen molar-refractivity contribution >= 4 is 35.2 Å². The number of amides is 2. The van der Waals surface area contributed by atoms with Gasteiger partial charge in [-0.25, -0.2) is 4.79 Å². The molecule has 0 spiro atoms. The topological polar surface area (TPSA) is 87.7 Å². The number of aliphatic hydroxyl groups excluding tert-OH is 1. The van der Waals surface area contributed by atoms with E-state index in [-0.39, 0.29) is 22.0 Å². The number of carbonyl (C=O) groups excluding carboxylic acids is 2. The van der Waals surface area contributed by atoms with E-state index in [0.29, 0.717) is 12.8 Å². The van der Waals surface area contributed by atoms with Crippen LogP contribution >= 0.6 is 23.2 Å². The molecule has 3 unspecified atom stereocenters. The van der Waals surface area contributed by atoms with Crippen molar-refractivity contribution < 1.29 is 19.4 Å². The summed E-state index contributed by atoms with van der Waals surface area (Å²) in [6.07, 6.45) is -0.580. The lowest BCUT2D eigenvalue weighted by Gasteiger charge is -2.29. The summed E-state index contributed by atoms with van der Waals surface area (Å²) in [6.45, 7) is 5.37. The van der Waals surface area contributed by atoms with Crippen molar-refractivity contribution in [2.45, 2.75) is 63.8 Å². The molecule has 0 fully saturated rings. The first-order valence-electron chi connectivity index (χ1n) is 12.5. The number of halogens is 2. The van der Waals surface area contributed by atoms with Crippen LogP contribution in [0.1, 0.15) is 48.7 Å². The molecule has 3 aromatic carbocycles. The zero-order valence-electron chi connectivity index (χ0n) is 21.8. The summed E-state index contributed by atoms with van der Waals surface area (Å²) in [6, 6.07) is 22.9. The molecular formula is C30H34Cl2N2O4. The monoisotopic (exact) mass is 556 g/mol. The van der Waals surface area contributed by atoms with Crippen molar-refractivity contribution in [3.05, 3.63) is 106 Å². The molecule has 8 heteroatoms. The summed E-state index contributed by atoms with van der Waals surface area (Å²) in [5.41, 5.74) is 1.40. The largest absolute Gasteiger partial charge is 0.444 e. The average Bonchev–Trinajstić information content (AvgIpc) is 2.83. The van der Waals surface area contributed by atoms with E-state index < -0.39 is 35.8 Å². The van der Waals surface area contributed by atoms with Crippen molar-refractivity contribution in [3.8, 4) is 0 Å². The summed E-state index contributed by atoms with van der Waals surface area (Å²) in [4.78, 5) is 25.8. The number of hydrogen-bond acceptors (Lipinski definition) is 4. The number of carbonyl (C=O) groups is 2. The van der Waals surface area contributed by atoms with E-state index in [1.165, 1.54) is 0 Å². The first-order chi connectivity index (χ1) is 18.0. The van der Waals surface area contributed by atoms with Gasteiger partial charge in [0.15, 0.2) is 0 Å². The Bertz CT molecular complexity index is 1180. The van der Waals surface area contributed by atoms with Crippen LogP contribution in [0.4, 0.5) is 4.79 Å². The molecule has 2 amide bonds. The van der Waals surface area contributed by atoms with E-state index in [1.807, 2.05) is 60.7 Å². The first-order valence-corrected chi connectivity index (χ1v) is 13.3. The maximum atomic E-state index is 13.2. The van der Waals surface area contributed by atoms with E-state index in [9.17, 15) is 14.7 Å². The second kappa shape index (κ2) is 13.7. The summed E-state index contributed by atoms with van der Waals surface area (Å²) < 4.78 is 5.46. The standard InChI is InChI=1S/C30H34Cl2N2O4/c1-30(2,3)38-29(37)33-22(17-20-11-6-4-7-12-20)19-26(35)25(18-21-13-8-5-9-14-21)34-28(36)27-23(31)15-10-16-24(27)32/h4-16,22,25-26,35H,17-19H2,1-3H3,(H,33,37)(H,34,36). The summed E-state index contributed by atoms with van der Waals surface area (Å²) in [7, 11) is 0. The first kappa shape index (κ1) is 29.5. The summed E-state index contributed by atoms with van der Waals surface area (Å²) in [5.74, 6) is -0.486. The van der Waals surface area contributed by atoms with E-state index in [2.05, 4.69) is 10.6 Å². The van der Waals surface area contributed by atoms with Gasteiger partial charge in [0.1, 0.15) is 5.60 Å². The molecule has 3 aromatic rings. The molecule has 3 N–H and O–H groups in total. The number of benzene rings is 3. The predicted molar refractivity (Wildman–Crippen MR) is 152 cm³/mol. The van der Waals surface area contributed by atoms with Crippen molar-refractivity contribution in [2.75, 3.05) is 0 Å². The highest BCUT2D eigenvalue weighted by Gasteiger charge is 2.28. The second-order valence-corrected chi connectivity index (χ2v) is 11.0. The van der Waals surface area contributed by atoms with Crippen LogP contribution in [0, 0.1) is 0 Å².